The molecule has 0 amide bonds. The van der Waals surface area contributed by atoms with E-state index in [0.29, 0.717) is 24.7 Å². The van der Waals surface area contributed by atoms with Crippen LogP contribution in [-0.4, -0.2) is 21.7 Å². The van der Waals surface area contributed by atoms with Crippen LogP contribution >= 0.6 is 0 Å². The third kappa shape index (κ3) is 2.54. The minimum atomic E-state index is 0.295. The average molecular weight is 266 g/mol. The van der Waals surface area contributed by atoms with E-state index in [9.17, 15) is 5.11 Å². The van der Waals surface area contributed by atoms with Gasteiger partial charge < -0.3 is 9.84 Å². The third-order valence-corrected chi connectivity index (χ3v) is 3.11. The number of ether oxygens (including phenoxy) is 1. The largest absolute Gasteiger partial charge is 0.508 e. The molecule has 4 nitrogen and oxygen atoms in total. The van der Waals surface area contributed by atoms with Gasteiger partial charge in [-0.1, -0.05) is 30.3 Å². The molecule has 0 aliphatic carbocycles. The van der Waals surface area contributed by atoms with Crippen LogP contribution in [0.25, 0.3) is 10.9 Å². The third-order valence-electron chi connectivity index (χ3n) is 3.11. The van der Waals surface area contributed by atoms with Gasteiger partial charge in [0.05, 0.1) is 17.5 Å². The number of para-hydroxylation sites is 2. The molecule has 0 radical (unpaired) electrons. The van der Waals surface area contributed by atoms with Crippen LogP contribution in [0.1, 0.15) is 5.56 Å². The first-order valence-corrected chi connectivity index (χ1v) is 6.44. The normalized spacial score (nSPS) is 10.6. The fourth-order valence-corrected chi connectivity index (χ4v) is 2.08. The number of phenolic OH excluding ortho intramolecular Hbond substituents is 1. The zero-order valence-electron chi connectivity index (χ0n) is 10.9. The van der Waals surface area contributed by atoms with E-state index in [1.54, 1.807) is 12.1 Å². The maximum atomic E-state index is 9.70. The first-order valence-electron chi connectivity index (χ1n) is 6.44. The molecule has 0 saturated carbocycles. The number of benzene rings is 2. The van der Waals surface area contributed by atoms with E-state index >= 15 is 0 Å². The van der Waals surface area contributed by atoms with E-state index in [2.05, 4.69) is 9.97 Å². The molecule has 2 aromatic carbocycles. The van der Waals surface area contributed by atoms with Gasteiger partial charge in [-0.25, -0.2) is 9.97 Å². The summed E-state index contributed by atoms with van der Waals surface area (Å²) >= 11 is 0. The molecule has 4 heteroatoms. The molecule has 100 valence electrons. The smallest absolute Gasteiger partial charge is 0.224 e. The second-order valence-corrected chi connectivity index (χ2v) is 4.42. The van der Waals surface area contributed by atoms with E-state index in [-0.39, 0.29) is 0 Å². The van der Waals surface area contributed by atoms with Crippen molar-refractivity contribution in [3.05, 3.63) is 60.4 Å². The lowest BCUT2D eigenvalue weighted by molar-refractivity contribution is 0.311. The van der Waals surface area contributed by atoms with Crippen molar-refractivity contribution >= 4 is 10.9 Å². The van der Waals surface area contributed by atoms with Gasteiger partial charge in [0.1, 0.15) is 12.1 Å². The Bertz CT molecular complexity index is 723. The van der Waals surface area contributed by atoms with Crippen LogP contribution in [0.5, 0.6) is 11.6 Å². The lowest BCUT2D eigenvalue weighted by Crippen LogP contribution is -2.03. The highest BCUT2D eigenvalue weighted by atomic mass is 16.5. The quantitative estimate of drug-likeness (QED) is 0.788. The van der Waals surface area contributed by atoms with E-state index in [0.717, 1.165) is 16.5 Å². The Hall–Kier alpha value is -2.62. The number of phenols is 1. The van der Waals surface area contributed by atoms with Crippen molar-refractivity contribution in [2.75, 3.05) is 6.61 Å². The molecule has 0 aliphatic rings. The fraction of sp³-hybridized carbons (Fsp3) is 0.125. The molecule has 0 fully saturated rings. The first kappa shape index (κ1) is 12.4. The summed E-state index contributed by atoms with van der Waals surface area (Å²) in [4.78, 5) is 8.36. The second-order valence-electron chi connectivity index (χ2n) is 4.42. The van der Waals surface area contributed by atoms with Gasteiger partial charge in [-0.05, 0) is 23.8 Å². The topological polar surface area (TPSA) is 55.2 Å². The number of aromatic nitrogens is 2. The molecule has 0 saturated heterocycles. The molecule has 3 rings (SSSR count). The van der Waals surface area contributed by atoms with Crippen LogP contribution in [0.3, 0.4) is 0 Å². The number of fused-ring (bicyclic) bond motifs is 1. The molecular weight excluding hydrogens is 252 g/mol. The highest BCUT2D eigenvalue weighted by Crippen LogP contribution is 2.21. The molecule has 0 atom stereocenters. The van der Waals surface area contributed by atoms with Crippen LogP contribution in [0.4, 0.5) is 0 Å². The minimum Gasteiger partial charge on any atom is -0.508 e. The lowest BCUT2D eigenvalue weighted by Gasteiger charge is -2.08. The van der Waals surface area contributed by atoms with Crippen molar-refractivity contribution < 1.29 is 9.84 Å². The monoisotopic (exact) mass is 266 g/mol. The zero-order chi connectivity index (χ0) is 13.8. The molecule has 1 heterocycles. The summed E-state index contributed by atoms with van der Waals surface area (Å²) in [5.41, 5.74) is 1.73. The number of hydrogen-bond acceptors (Lipinski definition) is 4. The zero-order valence-corrected chi connectivity index (χ0v) is 10.9. The molecule has 0 unspecified atom stereocenters. The Kier molecular flexibility index (Phi) is 3.46. The lowest BCUT2D eigenvalue weighted by atomic mass is 10.1. The molecular formula is C16H14N2O2. The summed E-state index contributed by atoms with van der Waals surface area (Å²) in [6.07, 6.45) is 2.13. The van der Waals surface area contributed by atoms with Crippen LogP contribution in [0.15, 0.2) is 54.9 Å². The van der Waals surface area contributed by atoms with Crippen LogP contribution in [0.2, 0.25) is 0 Å². The molecule has 1 N–H and O–H groups in total. The van der Waals surface area contributed by atoms with Crippen molar-refractivity contribution in [2.24, 2.45) is 0 Å². The molecule has 1 aromatic heterocycles. The second kappa shape index (κ2) is 5.57. The Morgan fingerprint density at radius 3 is 2.65 bits per heavy atom. The Morgan fingerprint density at radius 2 is 1.75 bits per heavy atom. The summed E-state index contributed by atoms with van der Waals surface area (Å²) in [7, 11) is 0. The van der Waals surface area contributed by atoms with Gasteiger partial charge in [0.2, 0.25) is 5.88 Å². The first-order chi connectivity index (χ1) is 9.84. The van der Waals surface area contributed by atoms with Gasteiger partial charge in [0, 0.05) is 6.42 Å². The predicted octanol–water partition coefficient (Wildman–Crippen LogP) is 2.96. The van der Waals surface area contributed by atoms with Gasteiger partial charge >= 0.3 is 0 Å². The van der Waals surface area contributed by atoms with Gasteiger partial charge in [-0.15, -0.1) is 0 Å². The number of rotatable bonds is 4. The van der Waals surface area contributed by atoms with E-state index in [1.807, 2.05) is 36.4 Å². The fourth-order valence-electron chi connectivity index (χ4n) is 2.08. The maximum absolute atomic E-state index is 9.70. The van der Waals surface area contributed by atoms with Crippen LogP contribution < -0.4 is 4.74 Å². The van der Waals surface area contributed by atoms with Crippen molar-refractivity contribution in [2.45, 2.75) is 6.42 Å². The van der Waals surface area contributed by atoms with Crippen molar-refractivity contribution in [3.63, 3.8) is 0 Å². The average Bonchev–Trinajstić information content (AvgIpc) is 2.49. The predicted molar refractivity (Wildman–Crippen MR) is 76.8 cm³/mol. The van der Waals surface area contributed by atoms with Gasteiger partial charge in [-0.3, -0.25) is 0 Å². The van der Waals surface area contributed by atoms with Gasteiger partial charge in [0.15, 0.2) is 0 Å². The minimum absolute atomic E-state index is 0.295. The summed E-state index contributed by atoms with van der Waals surface area (Å²) in [5.74, 6) is 0.870. The highest BCUT2D eigenvalue weighted by Gasteiger charge is 2.05. The van der Waals surface area contributed by atoms with Crippen molar-refractivity contribution in [1.29, 1.82) is 0 Å². The van der Waals surface area contributed by atoms with Gasteiger partial charge in [0.25, 0.3) is 0 Å². The number of hydrogen-bond donors (Lipinski definition) is 1. The molecule has 0 aliphatic heterocycles. The van der Waals surface area contributed by atoms with E-state index in [4.69, 9.17) is 4.74 Å². The molecule has 3 aromatic rings. The molecule has 20 heavy (non-hydrogen) atoms. The van der Waals surface area contributed by atoms with E-state index < -0.39 is 0 Å². The van der Waals surface area contributed by atoms with Crippen molar-refractivity contribution in [3.8, 4) is 11.6 Å². The van der Waals surface area contributed by atoms with Crippen LogP contribution in [0, 0.1) is 0 Å². The standard InChI is InChI=1S/C16H14N2O2/c19-15-8-4-1-5-12(15)9-10-20-16-13-6-2-3-7-14(13)17-11-18-16/h1-8,11,19H,9-10H2. The Labute approximate surface area is 116 Å². The number of nitrogens with zero attached hydrogens (tertiary/aromatic N) is 2. The van der Waals surface area contributed by atoms with Crippen molar-refractivity contribution in [1.82, 2.24) is 9.97 Å². The summed E-state index contributed by atoms with van der Waals surface area (Å²) in [6.45, 7) is 0.457. The summed E-state index contributed by atoms with van der Waals surface area (Å²) in [6, 6.07) is 15.0. The SMILES string of the molecule is Oc1ccccc1CCOc1ncnc2ccccc12. The van der Waals surface area contributed by atoms with E-state index in [1.165, 1.54) is 6.33 Å². The highest BCUT2D eigenvalue weighted by molar-refractivity contribution is 5.82. The van der Waals surface area contributed by atoms with Gasteiger partial charge in [-0.2, -0.15) is 0 Å². The maximum Gasteiger partial charge on any atom is 0.224 e. The Balaban J connectivity index is 1.73. The van der Waals surface area contributed by atoms with Crippen LogP contribution in [-0.2, 0) is 6.42 Å². The molecule has 0 bridgehead atoms. The Morgan fingerprint density at radius 1 is 0.950 bits per heavy atom. The molecule has 0 spiro atoms. The summed E-state index contributed by atoms with van der Waals surface area (Å²) < 4.78 is 5.72. The summed E-state index contributed by atoms with van der Waals surface area (Å²) in [5, 5.41) is 10.6. The number of aromatic hydroxyl groups is 1.